The summed E-state index contributed by atoms with van der Waals surface area (Å²) in [6.45, 7) is 9.00. The van der Waals surface area contributed by atoms with E-state index >= 15 is 0 Å². The van der Waals surface area contributed by atoms with Crippen LogP contribution in [0.1, 0.15) is 38.3 Å². The molecule has 1 saturated heterocycles. The molecule has 1 N–H and O–H groups in total. The second-order valence-corrected chi connectivity index (χ2v) is 8.12. The number of piperazine rings is 1. The molecule has 26 heavy (non-hydrogen) atoms. The van der Waals surface area contributed by atoms with Crippen LogP contribution in [-0.4, -0.2) is 60.1 Å². The fraction of sp³-hybridized carbons (Fsp3) is 0.600. The summed E-state index contributed by atoms with van der Waals surface area (Å²) < 4.78 is 5.63. The quantitative estimate of drug-likeness (QED) is 0.881. The molecule has 0 aromatic heterocycles. The molecule has 0 aliphatic carbocycles. The van der Waals surface area contributed by atoms with E-state index in [1.54, 1.807) is 4.90 Å². The maximum absolute atomic E-state index is 12.6. The summed E-state index contributed by atoms with van der Waals surface area (Å²) in [7, 11) is 0. The maximum atomic E-state index is 12.6. The smallest absolute Gasteiger partial charge is 0.317 e. The summed E-state index contributed by atoms with van der Waals surface area (Å²) in [5, 5.41) is 2.97. The van der Waals surface area contributed by atoms with Crippen molar-refractivity contribution in [2.45, 2.75) is 45.6 Å². The third-order valence-electron chi connectivity index (χ3n) is 4.73. The van der Waals surface area contributed by atoms with Crippen LogP contribution in [0.25, 0.3) is 0 Å². The lowest BCUT2D eigenvalue weighted by Crippen LogP contribution is -2.56. The summed E-state index contributed by atoms with van der Waals surface area (Å²) in [5.41, 5.74) is 1.98. The number of hydrogen-bond acceptors (Lipinski definition) is 3. The van der Waals surface area contributed by atoms with Crippen LogP contribution in [0.4, 0.5) is 4.79 Å². The van der Waals surface area contributed by atoms with Gasteiger partial charge in [-0.05, 0) is 50.8 Å². The molecule has 6 nitrogen and oxygen atoms in total. The van der Waals surface area contributed by atoms with E-state index in [0.29, 0.717) is 32.6 Å². The average molecular weight is 359 g/mol. The van der Waals surface area contributed by atoms with Crippen LogP contribution in [0.2, 0.25) is 0 Å². The first-order chi connectivity index (χ1) is 12.3. The van der Waals surface area contributed by atoms with Gasteiger partial charge in [0.25, 0.3) is 0 Å². The number of ether oxygens (including phenoxy) is 1. The second kappa shape index (κ2) is 7.56. The number of carbonyl (C=O) groups is 2. The molecule has 0 unspecified atom stereocenters. The zero-order chi connectivity index (χ0) is 18.7. The molecule has 1 aromatic rings. The minimum absolute atomic E-state index is 0.0562. The van der Waals surface area contributed by atoms with Gasteiger partial charge in [0.2, 0.25) is 5.91 Å². The Morgan fingerprint density at radius 1 is 1.12 bits per heavy atom. The van der Waals surface area contributed by atoms with Crippen molar-refractivity contribution in [3.8, 4) is 5.75 Å². The molecule has 2 aliphatic heterocycles. The van der Waals surface area contributed by atoms with Gasteiger partial charge in [-0.15, -0.1) is 0 Å². The highest BCUT2D eigenvalue weighted by molar-refractivity contribution is 5.80. The summed E-state index contributed by atoms with van der Waals surface area (Å²) in [6.07, 6.45) is 2.45. The van der Waals surface area contributed by atoms with Gasteiger partial charge < -0.3 is 19.9 Å². The number of amides is 3. The topological polar surface area (TPSA) is 61.9 Å². The molecule has 0 atom stereocenters. The highest BCUT2D eigenvalue weighted by atomic mass is 16.5. The minimum Gasteiger partial charge on any atom is -0.493 e. The summed E-state index contributed by atoms with van der Waals surface area (Å²) >= 11 is 0. The van der Waals surface area contributed by atoms with Crippen molar-refractivity contribution >= 4 is 11.9 Å². The molecule has 142 valence electrons. The Bertz CT molecular complexity index is 673. The summed E-state index contributed by atoms with van der Waals surface area (Å²) in [5.74, 6) is 1.07. The van der Waals surface area contributed by atoms with Crippen LogP contribution in [-0.2, 0) is 17.6 Å². The molecule has 0 spiro atoms. The lowest BCUT2D eigenvalue weighted by molar-refractivity contribution is -0.131. The molecule has 3 rings (SSSR count). The number of aryl methyl sites for hydroxylation is 1. The number of carbonyl (C=O) groups excluding carboxylic acids is 2. The van der Waals surface area contributed by atoms with Crippen molar-refractivity contribution in [1.29, 1.82) is 0 Å². The fourth-order valence-electron chi connectivity index (χ4n) is 3.37. The molecule has 2 heterocycles. The highest BCUT2D eigenvalue weighted by Crippen LogP contribution is 2.26. The van der Waals surface area contributed by atoms with Crippen molar-refractivity contribution in [3.63, 3.8) is 0 Å². The molecule has 6 heteroatoms. The lowest BCUT2D eigenvalue weighted by Gasteiger charge is -2.36. The van der Waals surface area contributed by atoms with Crippen LogP contribution in [0.3, 0.4) is 0 Å². The summed E-state index contributed by atoms with van der Waals surface area (Å²) in [6, 6.07) is 6.00. The van der Waals surface area contributed by atoms with Gasteiger partial charge >= 0.3 is 6.03 Å². The zero-order valence-electron chi connectivity index (χ0n) is 16.0. The largest absolute Gasteiger partial charge is 0.493 e. The maximum Gasteiger partial charge on any atom is 0.317 e. The third-order valence-corrected chi connectivity index (χ3v) is 4.73. The van der Waals surface area contributed by atoms with Crippen LogP contribution in [0.5, 0.6) is 5.75 Å². The monoisotopic (exact) mass is 359 g/mol. The molecular formula is C20H29N3O3. The number of fused-ring (bicyclic) bond motifs is 1. The Hall–Kier alpha value is -2.24. The van der Waals surface area contributed by atoms with E-state index in [9.17, 15) is 9.59 Å². The number of nitrogens with one attached hydrogen (secondary N) is 1. The van der Waals surface area contributed by atoms with Crippen LogP contribution in [0, 0.1) is 0 Å². The number of rotatable bonds is 2. The molecule has 1 fully saturated rings. The van der Waals surface area contributed by atoms with Gasteiger partial charge in [0, 0.05) is 31.7 Å². The Balaban J connectivity index is 1.52. The van der Waals surface area contributed by atoms with Crippen molar-refractivity contribution in [1.82, 2.24) is 15.1 Å². The molecule has 3 amide bonds. The summed E-state index contributed by atoms with van der Waals surface area (Å²) in [4.78, 5) is 28.5. The molecule has 0 radical (unpaired) electrons. The van der Waals surface area contributed by atoms with Crippen LogP contribution in [0.15, 0.2) is 18.2 Å². The SMILES string of the molecule is CC(C)(C)NC(=O)N1CCN(C(=O)Cc2ccc3c(c2)CCCO3)CC1. The molecule has 0 bridgehead atoms. The van der Waals surface area contributed by atoms with Crippen molar-refractivity contribution in [2.24, 2.45) is 0 Å². The second-order valence-electron chi connectivity index (χ2n) is 8.12. The van der Waals surface area contributed by atoms with E-state index in [-0.39, 0.29) is 17.5 Å². The Kier molecular flexibility index (Phi) is 5.39. The van der Waals surface area contributed by atoms with E-state index < -0.39 is 0 Å². The van der Waals surface area contributed by atoms with Crippen molar-refractivity contribution in [2.75, 3.05) is 32.8 Å². The van der Waals surface area contributed by atoms with Crippen LogP contribution >= 0.6 is 0 Å². The van der Waals surface area contributed by atoms with E-state index in [4.69, 9.17) is 4.74 Å². The predicted molar refractivity (Wildman–Crippen MR) is 100 cm³/mol. The van der Waals surface area contributed by atoms with Gasteiger partial charge in [-0.2, -0.15) is 0 Å². The molecule has 1 aromatic carbocycles. The normalized spacial score (nSPS) is 17.3. The van der Waals surface area contributed by atoms with Gasteiger partial charge in [0.1, 0.15) is 5.75 Å². The van der Waals surface area contributed by atoms with E-state index in [0.717, 1.165) is 30.8 Å². The molecule has 2 aliphatic rings. The van der Waals surface area contributed by atoms with Gasteiger partial charge in [-0.25, -0.2) is 4.79 Å². The number of benzene rings is 1. The van der Waals surface area contributed by atoms with Gasteiger partial charge in [-0.3, -0.25) is 4.79 Å². The van der Waals surface area contributed by atoms with Crippen LogP contribution < -0.4 is 10.1 Å². The Morgan fingerprint density at radius 2 is 1.81 bits per heavy atom. The molecular weight excluding hydrogens is 330 g/mol. The number of urea groups is 1. The van der Waals surface area contributed by atoms with E-state index in [1.807, 2.05) is 37.8 Å². The standard InChI is InChI=1S/C20H29N3O3/c1-20(2,3)21-19(25)23-10-8-22(9-11-23)18(24)14-15-6-7-17-16(13-15)5-4-12-26-17/h6-7,13H,4-5,8-12,14H2,1-3H3,(H,21,25). The first kappa shape index (κ1) is 18.5. The van der Waals surface area contributed by atoms with E-state index in [2.05, 4.69) is 11.4 Å². The minimum atomic E-state index is -0.250. The first-order valence-electron chi connectivity index (χ1n) is 9.41. The number of hydrogen-bond donors (Lipinski definition) is 1. The van der Waals surface area contributed by atoms with Crippen molar-refractivity contribution in [3.05, 3.63) is 29.3 Å². The molecule has 0 saturated carbocycles. The Labute approximate surface area is 155 Å². The predicted octanol–water partition coefficient (Wildman–Crippen LogP) is 2.21. The highest BCUT2D eigenvalue weighted by Gasteiger charge is 2.26. The van der Waals surface area contributed by atoms with Gasteiger partial charge in [-0.1, -0.05) is 12.1 Å². The fourth-order valence-corrected chi connectivity index (χ4v) is 3.37. The third kappa shape index (κ3) is 4.68. The first-order valence-corrected chi connectivity index (χ1v) is 9.41. The van der Waals surface area contributed by atoms with E-state index in [1.165, 1.54) is 5.56 Å². The van der Waals surface area contributed by atoms with Gasteiger partial charge in [0.15, 0.2) is 0 Å². The van der Waals surface area contributed by atoms with Gasteiger partial charge in [0.05, 0.1) is 13.0 Å². The average Bonchev–Trinajstić information content (AvgIpc) is 2.60. The van der Waals surface area contributed by atoms with Crippen molar-refractivity contribution < 1.29 is 14.3 Å². The Morgan fingerprint density at radius 3 is 2.50 bits per heavy atom. The number of nitrogens with zero attached hydrogens (tertiary/aromatic N) is 2. The zero-order valence-corrected chi connectivity index (χ0v) is 16.0. The lowest BCUT2D eigenvalue weighted by atomic mass is 10.0.